The van der Waals surface area contributed by atoms with Crippen molar-refractivity contribution in [2.24, 2.45) is 0 Å². The Morgan fingerprint density at radius 3 is 2.00 bits per heavy atom. The fourth-order valence-corrected chi connectivity index (χ4v) is 2.34. The number of ether oxygens (including phenoxy) is 2. The molecule has 0 saturated carbocycles. The van der Waals surface area contributed by atoms with Crippen LogP contribution in [0.25, 0.3) is 0 Å². The summed E-state index contributed by atoms with van der Waals surface area (Å²) in [6.45, 7) is 0. The Hall–Kier alpha value is -0.800. The van der Waals surface area contributed by atoms with Gasteiger partial charge in [0.1, 0.15) is 0 Å². The molecular weight excluding hydrogens is 308 g/mol. The summed E-state index contributed by atoms with van der Waals surface area (Å²) in [5.41, 5.74) is 0. The molecule has 0 aromatic carbocycles. The smallest absolute Gasteiger partial charge is 0.347 e. The molecule has 0 aromatic heterocycles. The van der Waals surface area contributed by atoms with E-state index in [2.05, 4.69) is 4.74 Å². The molecule has 0 spiro atoms. The van der Waals surface area contributed by atoms with E-state index in [4.69, 9.17) is 4.74 Å². The highest BCUT2D eigenvalue weighted by molar-refractivity contribution is 7.84. The predicted molar refractivity (Wildman–Crippen MR) is 75.0 cm³/mol. The molecule has 0 heterocycles. The summed E-state index contributed by atoms with van der Waals surface area (Å²) in [5, 5.41) is 9.53. The molecule has 0 fully saturated rings. The Morgan fingerprint density at radius 2 is 1.55 bits per heavy atom. The van der Waals surface area contributed by atoms with Crippen LogP contribution < -0.4 is 0 Å². The number of rotatable bonds is 9. The number of hydrogen-bond donors (Lipinski definition) is 1. The molecule has 0 rings (SSSR count). The molecule has 0 saturated heterocycles. The summed E-state index contributed by atoms with van der Waals surface area (Å²) < 4.78 is 31.2. The van der Waals surface area contributed by atoms with E-state index in [1.54, 1.807) is 0 Å². The first-order valence-corrected chi connectivity index (χ1v) is 9.29. The zero-order valence-corrected chi connectivity index (χ0v) is 13.3. The molecule has 4 atom stereocenters. The van der Waals surface area contributed by atoms with Crippen LogP contribution in [-0.2, 0) is 40.7 Å². The fraction of sp³-hybridized carbons (Fsp3) is 0.818. The molecule has 118 valence electrons. The average molecular weight is 328 g/mol. The molecule has 0 amide bonds. The summed E-state index contributed by atoms with van der Waals surface area (Å²) in [6.07, 6.45) is 0.299. The van der Waals surface area contributed by atoms with Crippen LogP contribution in [0, 0.1) is 0 Å². The monoisotopic (exact) mass is 328 g/mol. The topological polar surface area (TPSA) is 107 Å². The van der Waals surface area contributed by atoms with Gasteiger partial charge >= 0.3 is 11.9 Å². The van der Waals surface area contributed by atoms with E-state index in [0.29, 0.717) is 0 Å². The normalized spacial score (nSPS) is 16.8. The quantitative estimate of drug-likeness (QED) is 0.539. The van der Waals surface area contributed by atoms with Crippen molar-refractivity contribution >= 4 is 33.5 Å². The maximum atomic E-state index is 11.6. The third-order valence-corrected chi connectivity index (χ3v) is 3.96. The lowest BCUT2D eigenvalue weighted by atomic mass is 10.2. The van der Waals surface area contributed by atoms with E-state index in [1.807, 2.05) is 0 Å². The Kier molecular flexibility index (Phi) is 9.60. The van der Waals surface area contributed by atoms with Crippen LogP contribution >= 0.6 is 0 Å². The van der Waals surface area contributed by atoms with Gasteiger partial charge in [0.15, 0.2) is 12.2 Å². The van der Waals surface area contributed by atoms with Crippen molar-refractivity contribution in [3.05, 3.63) is 0 Å². The minimum absolute atomic E-state index is 0.0183. The number of methoxy groups -OCH3 is 1. The zero-order valence-electron chi connectivity index (χ0n) is 11.7. The van der Waals surface area contributed by atoms with E-state index in [0.717, 1.165) is 7.11 Å². The van der Waals surface area contributed by atoms with Gasteiger partial charge in [-0.2, -0.15) is 0 Å². The number of aliphatic hydroxyl groups excluding tert-OH is 1. The molecule has 1 N–H and O–H groups in total. The number of carbonyl (C=O) groups excluding carboxylic acids is 2. The lowest BCUT2D eigenvalue weighted by Crippen LogP contribution is -2.35. The fourth-order valence-electron chi connectivity index (χ4n) is 1.24. The molecule has 20 heavy (non-hydrogen) atoms. The largest absolute Gasteiger partial charge is 0.466 e. The third kappa shape index (κ3) is 8.39. The van der Waals surface area contributed by atoms with E-state index >= 15 is 0 Å². The van der Waals surface area contributed by atoms with Gasteiger partial charge in [-0.25, -0.2) is 9.59 Å². The van der Waals surface area contributed by atoms with E-state index in [9.17, 15) is 23.1 Å². The summed E-state index contributed by atoms with van der Waals surface area (Å²) in [4.78, 5) is 23.0. The lowest BCUT2D eigenvalue weighted by molar-refractivity contribution is -0.171. The van der Waals surface area contributed by atoms with E-state index in [-0.39, 0.29) is 24.3 Å². The molecule has 0 bridgehead atoms. The molecule has 4 unspecified atom stereocenters. The molecule has 0 radical (unpaired) electrons. The molecule has 9 heteroatoms. The van der Waals surface area contributed by atoms with Crippen molar-refractivity contribution in [2.75, 3.05) is 31.1 Å². The van der Waals surface area contributed by atoms with Crippen molar-refractivity contribution < 1.29 is 32.6 Å². The van der Waals surface area contributed by atoms with Crippen molar-refractivity contribution in [1.82, 2.24) is 0 Å². The van der Waals surface area contributed by atoms with Gasteiger partial charge in [0.05, 0.1) is 7.11 Å². The molecule has 0 aliphatic heterocycles. The third-order valence-electron chi connectivity index (χ3n) is 2.34. The van der Waals surface area contributed by atoms with Crippen LogP contribution in [-0.4, -0.2) is 68.8 Å². The van der Waals surface area contributed by atoms with Crippen molar-refractivity contribution in [3.8, 4) is 0 Å². The van der Waals surface area contributed by atoms with Crippen LogP contribution in [0.1, 0.15) is 12.8 Å². The first kappa shape index (κ1) is 19.2. The number of carbonyl (C=O) groups is 2. The molecule has 0 aromatic rings. The highest BCUT2D eigenvalue weighted by atomic mass is 32.2. The van der Waals surface area contributed by atoms with Gasteiger partial charge in [-0.15, -0.1) is 0 Å². The second-order valence-corrected chi connectivity index (χ2v) is 7.21. The first-order chi connectivity index (χ1) is 9.27. The maximum absolute atomic E-state index is 11.6. The Morgan fingerprint density at radius 1 is 1.05 bits per heavy atom. The minimum Gasteiger partial charge on any atom is -0.466 e. The van der Waals surface area contributed by atoms with Crippen LogP contribution in [0.4, 0.5) is 0 Å². The van der Waals surface area contributed by atoms with Crippen molar-refractivity contribution in [1.29, 1.82) is 0 Å². The van der Waals surface area contributed by atoms with Gasteiger partial charge in [-0.3, -0.25) is 8.42 Å². The highest BCUT2D eigenvalue weighted by Gasteiger charge is 2.27. The summed E-state index contributed by atoms with van der Waals surface area (Å²) in [7, 11) is -1.13. The number of hydrogen-bond acceptors (Lipinski definition) is 7. The summed E-state index contributed by atoms with van der Waals surface area (Å²) in [5.74, 6) is -1.43. The summed E-state index contributed by atoms with van der Waals surface area (Å²) >= 11 is 0. The highest BCUT2D eigenvalue weighted by Crippen LogP contribution is 2.06. The number of esters is 2. The number of aliphatic hydroxyl groups is 1. The Labute approximate surface area is 122 Å². The Balaban J connectivity index is 4.47. The first-order valence-electron chi connectivity index (χ1n) is 5.84. The minimum atomic E-state index is -1.45. The standard InChI is InChI=1S/C11H20O7S2/c1-17-11(14)9(5-7-20(3)16)18-10(13)8(12)4-6-19(2)15/h8-9,12H,4-7H2,1-3H3. The van der Waals surface area contributed by atoms with Crippen molar-refractivity contribution in [2.45, 2.75) is 25.0 Å². The van der Waals surface area contributed by atoms with Gasteiger partial charge in [-0.1, -0.05) is 0 Å². The van der Waals surface area contributed by atoms with Gasteiger partial charge in [0, 0.05) is 52.0 Å². The predicted octanol–water partition coefficient (Wildman–Crippen LogP) is -1.03. The van der Waals surface area contributed by atoms with Crippen molar-refractivity contribution in [3.63, 3.8) is 0 Å². The molecule has 7 nitrogen and oxygen atoms in total. The molecule has 0 aliphatic carbocycles. The maximum Gasteiger partial charge on any atom is 0.347 e. The zero-order chi connectivity index (χ0) is 15.7. The molecular formula is C11H20O7S2. The van der Waals surface area contributed by atoms with Crippen LogP contribution in [0.15, 0.2) is 0 Å². The lowest BCUT2D eigenvalue weighted by Gasteiger charge is -2.17. The van der Waals surface area contributed by atoms with Crippen LogP contribution in [0.3, 0.4) is 0 Å². The second-order valence-electron chi connectivity index (χ2n) is 4.10. The van der Waals surface area contributed by atoms with Gasteiger partial charge in [0.2, 0.25) is 0 Å². The molecule has 0 aliphatic rings. The van der Waals surface area contributed by atoms with E-state index in [1.165, 1.54) is 12.5 Å². The van der Waals surface area contributed by atoms with Gasteiger partial charge in [-0.05, 0) is 6.42 Å². The second kappa shape index (κ2) is 10.0. The Bertz CT molecular complexity index is 383. The summed E-state index contributed by atoms with van der Waals surface area (Å²) in [6, 6.07) is 0. The van der Waals surface area contributed by atoms with Gasteiger partial charge in [0.25, 0.3) is 0 Å². The average Bonchev–Trinajstić information content (AvgIpc) is 2.39. The van der Waals surface area contributed by atoms with Crippen LogP contribution in [0.5, 0.6) is 0 Å². The SMILES string of the molecule is COC(=O)C(CCS(C)=O)OC(=O)C(O)CCS(C)=O. The van der Waals surface area contributed by atoms with Gasteiger partial charge < -0.3 is 14.6 Å². The van der Waals surface area contributed by atoms with Crippen LogP contribution in [0.2, 0.25) is 0 Å². The van der Waals surface area contributed by atoms with E-state index < -0.39 is 45.7 Å².